The molecule has 0 bridgehead atoms. The molecule has 3 N–H and O–H groups in total. The average molecular weight is 404 g/mol. The van der Waals surface area contributed by atoms with Crippen LogP contribution in [0.1, 0.15) is 28.5 Å². The van der Waals surface area contributed by atoms with E-state index in [2.05, 4.69) is 10.4 Å². The van der Waals surface area contributed by atoms with Gasteiger partial charge in [0.2, 0.25) is 5.88 Å². The van der Waals surface area contributed by atoms with Crippen LogP contribution in [0.5, 0.6) is 5.88 Å². The van der Waals surface area contributed by atoms with Crippen molar-refractivity contribution >= 4 is 23.5 Å². The lowest BCUT2D eigenvalue weighted by Gasteiger charge is -2.18. The molecule has 0 spiro atoms. The first-order chi connectivity index (χ1) is 13.3. The van der Waals surface area contributed by atoms with Gasteiger partial charge in [-0.3, -0.25) is 9.59 Å². The van der Waals surface area contributed by atoms with E-state index in [1.807, 2.05) is 0 Å². The number of hydrogen-bond donors (Lipinski definition) is 3. The number of amides is 1. The summed E-state index contributed by atoms with van der Waals surface area (Å²) in [5.41, 5.74) is 0.664. The van der Waals surface area contributed by atoms with E-state index in [9.17, 15) is 19.1 Å². The lowest BCUT2D eigenvalue weighted by Crippen LogP contribution is -2.30. The van der Waals surface area contributed by atoms with E-state index in [1.165, 1.54) is 24.3 Å². The minimum absolute atomic E-state index is 0.135. The van der Waals surface area contributed by atoms with Gasteiger partial charge in [0.05, 0.1) is 18.2 Å². The van der Waals surface area contributed by atoms with Crippen LogP contribution in [-0.2, 0) is 4.79 Å². The van der Waals surface area contributed by atoms with E-state index >= 15 is 0 Å². The zero-order valence-corrected chi connectivity index (χ0v) is 15.1. The maximum absolute atomic E-state index is 13.1. The number of rotatable bonds is 6. The number of halogens is 2. The van der Waals surface area contributed by atoms with E-state index in [4.69, 9.17) is 16.7 Å². The fraction of sp³-hybridized carbons (Fsp3) is 0.105. The quantitative estimate of drug-likeness (QED) is 0.585. The molecule has 1 heterocycles. The van der Waals surface area contributed by atoms with Gasteiger partial charge in [-0.25, -0.2) is 9.07 Å². The fourth-order valence-electron chi connectivity index (χ4n) is 2.66. The molecule has 2 aromatic carbocycles. The largest absolute Gasteiger partial charge is 0.493 e. The summed E-state index contributed by atoms with van der Waals surface area (Å²) in [5.74, 6) is -2.60. The number of carbonyl (C=O) groups is 2. The Morgan fingerprint density at radius 1 is 1.18 bits per heavy atom. The second kappa shape index (κ2) is 8.10. The van der Waals surface area contributed by atoms with Crippen LogP contribution in [0.2, 0.25) is 5.02 Å². The van der Waals surface area contributed by atoms with Crippen LogP contribution >= 0.6 is 11.6 Å². The number of aromatic nitrogens is 2. The second-order valence-electron chi connectivity index (χ2n) is 5.92. The Balaban J connectivity index is 1.86. The zero-order valence-electron chi connectivity index (χ0n) is 14.3. The standard InChI is InChI=1S/C19H15ClFN3O4/c20-14-4-2-1-3-13(14)15(10-18(26)27)22-19(28)16-9-17(25)24(23-16)12-7-5-11(21)6-8-12/h1-9,15,25H,10H2,(H,22,28)(H,26,27). The van der Waals surface area contributed by atoms with Crippen LogP contribution in [0.15, 0.2) is 54.6 Å². The van der Waals surface area contributed by atoms with Crippen LogP contribution in [0.25, 0.3) is 5.69 Å². The van der Waals surface area contributed by atoms with Gasteiger partial charge < -0.3 is 15.5 Å². The van der Waals surface area contributed by atoms with Crippen LogP contribution in [-0.4, -0.2) is 31.9 Å². The van der Waals surface area contributed by atoms with Crippen molar-refractivity contribution in [2.24, 2.45) is 0 Å². The number of aliphatic carboxylic acids is 1. The van der Waals surface area contributed by atoms with Crippen molar-refractivity contribution < 1.29 is 24.2 Å². The molecule has 144 valence electrons. The fourth-order valence-corrected chi connectivity index (χ4v) is 2.93. The topological polar surface area (TPSA) is 104 Å². The molecule has 9 heteroatoms. The number of carboxylic acids is 1. The van der Waals surface area contributed by atoms with Gasteiger partial charge in [-0.1, -0.05) is 29.8 Å². The van der Waals surface area contributed by atoms with E-state index in [0.29, 0.717) is 16.3 Å². The maximum Gasteiger partial charge on any atom is 0.305 e. The monoisotopic (exact) mass is 403 g/mol. The summed E-state index contributed by atoms with van der Waals surface area (Å²) in [7, 11) is 0. The molecule has 0 fully saturated rings. The van der Waals surface area contributed by atoms with Crippen molar-refractivity contribution in [2.45, 2.75) is 12.5 Å². The van der Waals surface area contributed by atoms with E-state index in [-0.39, 0.29) is 18.0 Å². The maximum atomic E-state index is 13.1. The lowest BCUT2D eigenvalue weighted by molar-refractivity contribution is -0.137. The summed E-state index contributed by atoms with van der Waals surface area (Å²) >= 11 is 6.12. The van der Waals surface area contributed by atoms with Crippen molar-refractivity contribution in [2.75, 3.05) is 0 Å². The molecule has 7 nitrogen and oxygen atoms in total. The van der Waals surface area contributed by atoms with Gasteiger partial charge in [-0.15, -0.1) is 0 Å². The molecule has 3 aromatic rings. The van der Waals surface area contributed by atoms with Gasteiger partial charge in [-0.05, 0) is 35.9 Å². The summed E-state index contributed by atoms with van der Waals surface area (Å²) in [5, 5.41) is 26.1. The molecule has 0 aliphatic heterocycles. The zero-order chi connectivity index (χ0) is 20.3. The van der Waals surface area contributed by atoms with Crippen LogP contribution < -0.4 is 5.32 Å². The molecule has 0 aliphatic rings. The van der Waals surface area contributed by atoms with Crippen LogP contribution in [0, 0.1) is 5.82 Å². The number of hydrogen-bond acceptors (Lipinski definition) is 4. The first-order valence-corrected chi connectivity index (χ1v) is 8.55. The summed E-state index contributed by atoms with van der Waals surface area (Å²) in [6, 6.07) is 12.0. The number of nitrogens with one attached hydrogen (secondary N) is 1. The van der Waals surface area contributed by atoms with Crippen molar-refractivity contribution in [1.82, 2.24) is 15.1 Å². The Morgan fingerprint density at radius 2 is 1.86 bits per heavy atom. The van der Waals surface area contributed by atoms with Gasteiger partial charge in [0.1, 0.15) is 5.82 Å². The van der Waals surface area contributed by atoms with Crippen molar-refractivity contribution in [3.63, 3.8) is 0 Å². The van der Waals surface area contributed by atoms with Crippen molar-refractivity contribution in [3.8, 4) is 11.6 Å². The third-order valence-electron chi connectivity index (χ3n) is 3.96. The van der Waals surface area contributed by atoms with Crippen LogP contribution in [0.3, 0.4) is 0 Å². The molecular weight excluding hydrogens is 389 g/mol. The smallest absolute Gasteiger partial charge is 0.305 e. The highest BCUT2D eigenvalue weighted by Crippen LogP contribution is 2.26. The number of nitrogens with zero attached hydrogens (tertiary/aromatic N) is 2. The highest BCUT2D eigenvalue weighted by Gasteiger charge is 2.23. The Hall–Kier alpha value is -3.39. The van der Waals surface area contributed by atoms with Gasteiger partial charge in [0, 0.05) is 11.1 Å². The summed E-state index contributed by atoms with van der Waals surface area (Å²) in [6.45, 7) is 0. The molecule has 0 saturated carbocycles. The molecule has 1 atom stereocenters. The minimum atomic E-state index is -1.12. The van der Waals surface area contributed by atoms with Gasteiger partial charge in [0.15, 0.2) is 5.69 Å². The first-order valence-electron chi connectivity index (χ1n) is 8.17. The van der Waals surface area contributed by atoms with E-state index < -0.39 is 23.7 Å². The lowest BCUT2D eigenvalue weighted by atomic mass is 10.0. The number of carbonyl (C=O) groups excluding carboxylic acids is 1. The van der Waals surface area contributed by atoms with E-state index in [1.54, 1.807) is 24.3 Å². The SMILES string of the molecule is O=C(O)CC(NC(=O)c1cc(O)n(-c2ccc(F)cc2)n1)c1ccccc1Cl. The van der Waals surface area contributed by atoms with E-state index in [0.717, 1.165) is 10.7 Å². The predicted molar refractivity (Wildman–Crippen MR) is 99.1 cm³/mol. The molecule has 28 heavy (non-hydrogen) atoms. The Kier molecular flexibility index (Phi) is 5.60. The molecule has 0 radical (unpaired) electrons. The van der Waals surface area contributed by atoms with Gasteiger partial charge in [0.25, 0.3) is 5.91 Å². The molecule has 0 saturated heterocycles. The summed E-state index contributed by atoms with van der Waals surface area (Å²) < 4.78 is 14.1. The predicted octanol–water partition coefficient (Wildman–Crippen LogP) is 3.32. The second-order valence-corrected chi connectivity index (χ2v) is 6.33. The Bertz CT molecular complexity index is 1020. The molecule has 1 aromatic heterocycles. The molecule has 3 rings (SSSR count). The number of carboxylic acid groups (broad SMARTS) is 1. The number of aromatic hydroxyl groups is 1. The number of benzene rings is 2. The molecular formula is C19H15ClFN3O4. The highest BCUT2D eigenvalue weighted by atomic mass is 35.5. The Labute approximate surface area is 164 Å². The molecule has 1 unspecified atom stereocenters. The minimum Gasteiger partial charge on any atom is -0.493 e. The third-order valence-corrected chi connectivity index (χ3v) is 4.30. The highest BCUT2D eigenvalue weighted by molar-refractivity contribution is 6.31. The Morgan fingerprint density at radius 3 is 2.50 bits per heavy atom. The van der Waals surface area contributed by atoms with Gasteiger partial charge >= 0.3 is 5.97 Å². The van der Waals surface area contributed by atoms with Gasteiger partial charge in [-0.2, -0.15) is 5.10 Å². The van der Waals surface area contributed by atoms with Crippen LogP contribution in [0.4, 0.5) is 4.39 Å². The normalized spacial score (nSPS) is 11.8. The molecule has 0 aliphatic carbocycles. The average Bonchev–Trinajstić information content (AvgIpc) is 3.04. The molecule has 1 amide bonds. The van der Waals surface area contributed by atoms with Crippen molar-refractivity contribution in [3.05, 3.63) is 76.7 Å². The van der Waals surface area contributed by atoms with Crippen molar-refractivity contribution in [1.29, 1.82) is 0 Å². The summed E-state index contributed by atoms with van der Waals surface area (Å²) in [6.07, 6.45) is -0.389. The third kappa shape index (κ3) is 4.29. The first kappa shape index (κ1) is 19.4. The summed E-state index contributed by atoms with van der Waals surface area (Å²) in [4.78, 5) is 23.8.